The molecule has 0 saturated carbocycles. The van der Waals surface area contributed by atoms with E-state index in [1.807, 2.05) is 0 Å². The Morgan fingerprint density at radius 3 is 1.58 bits per heavy atom. The molecule has 0 heterocycles. The zero-order valence-corrected chi connectivity index (χ0v) is 10.9. The maximum atomic E-state index is 2.24. The van der Waals surface area contributed by atoms with Crippen LogP contribution in [0.1, 0.15) is 22.3 Å². The van der Waals surface area contributed by atoms with Crippen LogP contribution in [0.15, 0.2) is 6.07 Å². The fraction of sp³-hybridized carbons (Fsp3) is 0.444. The monoisotopic (exact) mass is 239 g/mol. The van der Waals surface area contributed by atoms with E-state index < -0.39 is 0 Å². The number of halogens is 2. The van der Waals surface area contributed by atoms with Crippen molar-refractivity contribution in [2.24, 2.45) is 0 Å². The molecule has 0 unspecified atom stereocenters. The van der Waals surface area contributed by atoms with Gasteiger partial charge in [-0.3, -0.25) is 0 Å². The Balaban J connectivity index is -0.000000270. The largest absolute Gasteiger partial charge is 4.00 e. The summed E-state index contributed by atoms with van der Waals surface area (Å²) in [5, 5.41) is 0. The number of hydrogen-bond donors (Lipinski definition) is 0. The third kappa shape index (κ3) is 3.57. The van der Waals surface area contributed by atoms with Crippen LogP contribution in [-0.4, -0.2) is 0 Å². The maximum Gasteiger partial charge on any atom is 4.00 e. The molecule has 0 spiro atoms. The van der Waals surface area contributed by atoms with Crippen LogP contribution in [0.4, 0.5) is 0 Å². The Bertz CT molecular complexity index is 206. The molecule has 0 fully saturated rings. The van der Waals surface area contributed by atoms with Crippen LogP contribution in [0.5, 0.6) is 0 Å². The molecule has 0 N–H and O–H groups in total. The number of hydrogen-bond acceptors (Lipinski definition) is 0. The molecule has 0 aromatic heterocycles. The van der Waals surface area contributed by atoms with E-state index in [0.29, 0.717) is 0 Å². The fourth-order valence-corrected chi connectivity index (χ4v) is 1.13. The Hall–Kier alpha value is 0.644. The summed E-state index contributed by atoms with van der Waals surface area (Å²) in [6.07, 6.45) is 0. The molecule has 0 aliphatic rings. The van der Waals surface area contributed by atoms with E-state index in [2.05, 4.69) is 33.8 Å². The molecule has 66 valence electrons. The Labute approximate surface area is 102 Å². The van der Waals surface area contributed by atoms with Crippen LogP contribution in [0.25, 0.3) is 0 Å². The zero-order valence-electron chi connectivity index (χ0n) is 7.83. The maximum absolute atomic E-state index is 2.24. The molecule has 0 nitrogen and oxygen atoms in total. The van der Waals surface area contributed by atoms with Crippen LogP contribution in [0, 0.1) is 27.7 Å². The Morgan fingerprint density at radius 2 is 1.50 bits per heavy atom. The molecule has 1 aromatic rings. The van der Waals surface area contributed by atoms with Crippen molar-refractivity contribution in [3.63, 3.8) is 0 Å². The van der Waals surface area contributed by atoms with E-state index in [1.54, 1.807) is 0 Å². The van der Waals surface area contributed by atoms with Crippen molar-refractivity contribution in [2.75, 3.05) is 0 Å². The first kappa shape index (κ1) is 18.4. The van der Waals surface area contributed by atoms with Crippen molar-refractivity contribution in [1.82, 2.24) is 0 Å². The van der Waals surface area contributed by atoms with Gasteiger partial charge in [-0.25, -0.2) is 0 Å². The summed E-state index contributed by atoms with van der Waals surface area (Å²) in [5.74, 6) is 0. The average molecular weight is 240 g/mol. The van der Waals surface area contributed by atoms with Crippen molar-refractivity contribution in [2.45, 2.75) is 27.7 Å². The van der Waals surface area contributed by atoms with E-state index in [-0.39, 0.29) is 46.5 Å². The molecule has 0 saturated heterocycles. The summed E-state index contributed by atoms with van der Waals surface area (Å²) in [7, 11) is 0. The second kappa shape index (κ2) is 7.09. The van der Waals surface area contributed by atoms with Crippen molar-refractivity contribution in [3.05, 3.63) is 28.3 Å². The predicted octanol–water partition coefficient (Wildman–Crippen LogP) is -3.36. The Morgan fingerprint density at radius 1 is 1.08 bits per heavy atom. The van der Waals surface area contributed by atoms with Crippen LogP contribution >= 0.6 is 0 Å². The normalized spacial score (nSPS) is 7.67. The smallest absolute Gasteiger partial charge is 1.00 e. The third-order valence-electron chi connectivity index (χ3n) is 2.18. The SMILES string of the molecule is Cc1c[c-](C)c(C)c1C.[Cl-].[Cl-].[Ti+4]. The average Bonchev–Trinajstić information content (AvgIpc) is 1.98. The van der Waals surface area contributed by atoms with Gasteiger partial charge in [0.2, 0.25) is 0 Å². The number of rotatable bonds is 0. The van der Waals surface area contributed by atoms with Gasteiger partial charge in [0, 0.05) is 0 Å². The van der Waals surface area contributed by atoms with E-state index in [1.165, 1.54) is 22.3 Å². The van der Waals surface area contributed by atoms with Crippen molar-refractivity contribution in [1.29, 1.82) is 0 Å². The minimum Gasteiger partial charge on any atom is -1.00 e. The van der Waals surface area contributed by atoms with Crippen LogP contribution in [-0.2, 0) is 21.7 Å². The first-order valence-corrected chi connectivity index (χ1v) is 3.33. The van der Waals surface area contributed by atoms with Gasteiger partial charge in [0.25, 0.3) is 0 Å². The second-order valence-corrected chi connectivity index (χ2v) is 2.76. The molecule has 1 aromatic carbocycles. The number of aryl methyl sites for hydroxylation is 2. The first-order valence-electron chi connectivity index (χ1n) is 3.33. The third-order valence-corrected chi connectivity index (χ3v) is 2.18. The molecule has 0 bridgehead atoms. The van der Waals surface area contributed by atoms with Crippen LogP contribution < -0.4 is 24.8 Å². The van der Waals surface area contributed by atoms with Gasteiger partial charge in [0.1, 0.15) is 0 Å². The first-order chi connectivity index (χ1) is 4.13. The quantitative estimate of drug-likeness (QED) is 0.328. The predicted molar refractivity (Wildman–Crippen MR) is 41.0 cm³/mol. The van der Waals surface area contributed by atoms with Crippen molar-refractivity contribution < 1.29 is 46.5 Å². The summed E-state index contributed by atoms with van der Waals surface area (Å²) in [6.45, 7) is 8.68. The Kier molecular flexibility index (Phi) is 10.9. The summed E-state index contributed by atoms with van der Waals surface area (Å²) < 4.78 is 0. The summed E-state index contributed by atoms with van der Waals surface area (Å²) >= 11 is 0. The molecule has 0 radical (unpaired) electrons. The molecular weight excluding hydrogens is 227 g/mol. The van der Waals surface area contributed by atoms with E-state index >= 15 is 0 Å². The van der Waals surface area contributed by atoms with Gasteiger partial charge in [-0.1, -0.05) is 27.7 Å². The second-order valence-electron chi connectivity index (χ2n) is 2.76. The molecule has 12 heavy (non-hydrogen) atoms. The van der Waals surface area contributed by atoms with Crippen molar-refractivity contribution in [3.8, 4) is 0 Å². The van der Waals surface area contributed by atoms with E-state index in [9.17, 15) is 0 Å². The molecule has 1 rings (SSSR count). The molecule has 0 aliphatic carbocycles. The van der Waals surface area contributed by atoms with E-state index in [4.69, 9.17) is 0 Å². The van der Waals surface area contributed by atoms with Crippen molar-refractivity contribution >= 4 is 0 Å². The molecule has 0 atom stereocenters. The molecule has 0 amide bonds. The summed E-state index contributed by atoms with van der Waals surface area (Å²) in [4.78, 5) is 0. The van der Waals surface area contributed by atoms with Crippen LogP contribution in [0.2, 0.25) is 0 Å². The van der Waals surface area contributed by atoms with Gasteiger partial charge in [-0.15, -0.1) is 0 Å². The van der Waals surface area contributed by atoms with Gasteiger partial charge in [-0.2, -0.15) is 28.3 Å². The molecule has 3 heteroatoms. The fourth-order valence-electron chi connectivity index (χ4n) is 1.13. The van der Waals surface area contributed by atoms with Gasteiger partial charge in [-0.05, 0) is 0 Å². The molecular formula is C9H13Cl2Ti+. The summed E-state index contributed by atoms with van der Waals surface area (Å²) in [6, 6.07) is 2.24. The topological polar surface area (TPSA) is 0 Å². The standard InChI is InChI=1S/C9H13.2ClH.Ti/c1-6-5-7(2)9(4)8(6)3;;;/h5H,1-4H3;2*1H;/q-1;;;+4/p-2. The van der Waals surface area contributed by atoms with E-state index in [0.717, 1.165) is 0 Å². The van der Waals surface area contributed by atoms with Crippen LogP contribution in [0.3, 0.4) is 0 Å². The summed E-state index contributed by atoms with van der Waals surface area (Å²) in [5.41, 5.74) is 5.75. The zero-order chi connectivity index (χ0) is 7.02. The molecule has 0 aliphatic heterocycles. The minimum absolute atomic E-state index is 0. The van der Waals surface area contributed by atoms with Gasteiger partial charge < -0.3 is 24.8 Å². The minimum atomic E-state index is 0. The van der Waals surface area contributed by atoms with Gasteiger partial charge in [0.15, 0.2) is 0 Å². The van der Waals surface area contributed by atoms with Gasteiger partial charge in [0.05, 0.1) is 0 Å². The van der Waals surface area contributed by atoms with Gasteiger partial charge >= 0.3 is 21.7 Å².